The van der Waals surface area contributed by atoms with Gasteiger partial charge in [-0.1, -0.05) is 127 Å². The second kappa shape index (κ2) is 11.0. The largest absolute Gasteiger partial charge is 0.309 e. The first-order chi connectivity index (χ1) is 25.3. The molecule has 238 valence electrons. The summed E-state index contributed by atoms with van der Waals surface area (Å²) in [6.45, 7) is 0. The fourth-order valence-corrected chi connectivity index (χ4v) is 9.31. The van der Waals surface area contributed by atoms with Gasteiger partial charge in [-0.3, -0.25) is 0 Å². The molecule has 0 aliphatic carbocycles. The summed E-state index contributed by atoms with van der Waals surface area (Å²) in [6, 6.07) is 66.6. The molecule has 8 aromatic carbocycles. The molecule has 11 aromatic rings. The number of benzene rings is 8. The Labute approximate surface area is 298 Å². The van der Waals surface area contributed by atoms with Crippen LogP contribution in [0.15, 0.2) is 182 Å². The van der Waals surface area contributed by atoms with Gasteiger partial charge in [-0.25, -0.2) is 0 Å². The molecule has 11 rings (SSSR count). The molecular weight excluding hydrogens is 637 g/mol. The van der Waals surface area contributed by atoms with E-state index < -0.39 is 0 Å². The highest BCUT2D eigenvalue weighted by atomic mass is 32.1. The molecule has 51 heavy (non-hydrogen) atoms. The first-order valence-corrected chi connectivity index (χ1v) is 18.3. The third-order valence-corrected chi connectivity index (χ3v) is 11.7. The molecule has 3 heteroatoms. The Balaban J connectivity index is 1.02. The molecule has 0 aliphatic rings. The fraction of sp³-hybridized carbons (Fsp3) is 0. The van der Waals surface area contributed by atoms with Crippen molar-refractivity contribution in [1.82, 2.24) is 9.13 Å². The smallest absolute Gasteiger partial charge is 0.0634 e. The minimum Gasteiger partial charge on any atom is -0.309 e. The van der Waals surface area contributed by atoms with Crippen molar-refractivity contribution in [1.29, 1.82) is 0 Å². The zero-order valence-corrected chi connectivity index (χ0v) is 28.4. The summed E-state index contributed by atoms with van der Waals surface area (Å²) in [4.78, 5) is 0. The van der Waals surface area contributed by atoms with Crippen molar-refractivity contribution in [3.05, 3.63) is 182 Å². The molecule has 0 unspecified atom stereocenters. The Morgan fingerprint density at radius 1 is 0.314 bits per heavy atom. The molecule has 3 heterocycles. The average Bonchev–Trinajstić information content (AvgIpc) is 3.86. The summed E-state index contributed by atoms with van der Waals surface area (Å²) in [5, 5.41) is 7.77. The number of para-hydroxylation sites is 2. The van der Waals surface area contributed by atoms with Crippen molar-refractivity contribution < 1.29 is 0 Å². The lowest BCUT2D eigenvalue weighted by Gasteiger charge is -2.12. The van der Waals surface area contributed by atoms with E-state index in [1.165, 1.54) is 91.7 Å². The second-order valence-electron chi connectivity index (χ2n) is 13.3. The Kier molecular flexibility index (Phi) is 6.16. The first kappa shape index (κ1) is 28.4. The Hall–Kier alpha value is -6.42. The van der Waals surface area contributed by atoms with E-state index in [1.54, 1.807) is 0 Å². The van der Waals surface area contributed by atoms with Gasteiger partial charge in [0, 0.05) is 53.1 Å². The fourth-order valence-electron chi connectivity index (χ4n) is 8.20. The summed E-state index contributed by atoms with van der Waals surface area (Å²) in [5.41, 5.74) is 12.1. The third kappa shape index (κ3) is 4.29. The van der Waals surface area contributed by atoms with E-state index in [2.05, 4.69) is 191 Å². The lowest BCUT2D eigenvalue weighted by atomic mass is 10.0. The molecule has 0 fully saturated rings. The van der Waals surface area contributed by atoms with Gasteiger partial charge in [-0.2, -0.15) is 0 Å². The Bertz CT molecular complexity index is 3100. The van der Waals surface area contributed by atoms with Gasteiger partial charge in [0.1, 0.15) is 0 Å². The van der Waals surface area contributed by atoms with Crippen LogP contribution in [0.2, 0.25) is 0 Å². The zero-order valence-electron chi connectivity index (χ0n) is 27.6. The van der Waals surface area contributed by atoms with Crippen LogP contribution in [0.25, 0.3) is 97.4 Å². The molecule has 0 atom stereocenters. The van der Waals surface area contributed by atoms with Crippen LogP contribution in [-0.2, 0) is 0 Å². The van der Waals surface area contributed by atoms with E-state index in [-0.39, 0.29) is 0 Å². The van der Waals surface area contributed by atoms with Crippen LogP contribution in [0, 0.1) is 0 Å². The molecule has 0 amide bonds. The molecular formula is C48H30N2S. The van der Waals surface area contributed by atoms with Crippen molar-refractivity contribution in [2.45, 2.75) is 0 Å². The molecule has 2 nitrogen and oxygen atoms in total. The maximum absolute atomic E-state index is 2.46. The summed E-state index contributed by atoms with van der Waals surface area (Å²) in [5.74, 6) is 0. The van der Waals surface area contributed by atoms with Gasteiger partial charge >= 0.3 is 0 Å². The highest BCUT2D eigenvalue weighted by molar-refractivity contribution is 7.26. The maximum atomic E-state index is 2.46. The zero-order chi connectivity index (χ0) is 33.5. The van der Waals surface area contributed by atoms with E-state index >= 15 is 0 Å². The summed E-state index contributed by atoms with van der Waals surface area (Å²) in [7, 11) is 0. The van der Waals surface area contributed by atoms with Gasteiger partial charge in [0.2, 0.25) is 0 Å². The number of nitrogens with zero attached hydrogens (tertiary/aromatic N) is 2. The molecule has 0 spiro atoms. The second-order valence-corrected chi connectivity index (χ2v) is 14.4. The average molecular weight is 667 g/mol. The molecule has 0 bridgehead atoms. The van der Waals surface area contributed by atoms with Gasteiger partial charge in [0.05, 0.1) is 22.1 Å². The predicted octanol–water partition coefficient (Wildman–Crippen LogP) is 13.6. The van der Waals surface area contributed by atoms with Crippen LogP contribution >= 0.6 is 11.3 Å². The van der Waals surface area contributed by atoms with Crippen molar-refractivity contribution in [3.63, 3.8) is 0 Å². The highest BCUT2D eigenvalue weighted by Gasteiger charge is 2.18. The van der Waals surface area contributed by atoms with Crippen LogP contribution in [0.4, 0.5) is 0 Å². The predicted molar refractivity (Wildman–Crippen MR) is 219 cm³/mol. The van der Waals surface area contributed by atoms with Gasteiger partial charge in [0.25, 0.3) is 0 Å². The maximum Gasteiger partial charge on any atom is 0.0634 e. The van der Waals surface area contributed by atoms with Crippen molar-refractivity contribution >= 4 is 75.1 Å². The van der Waals surface area contributed by atoms with Crippen molar-refractivity contribution in [3.8, 4) is 33.6 Å². The number of rotatable bonds is 4. The van der Waals surface area contributed by atoms with Crippen molar-refractivity contribution in [2.75, 3.05) is 0 Å². The Morgan fingerprint density at radius 2 is 0.824 bits per heavy atom. The number of fused-ring (bicyclic) bond motifs is 10. The standard InChI is InChI=1S/C48H30N2S/c1-2-10-31(11-3-1)34-22-27-39-37-12-4-7-15-42(37)49(44(39)30-34)35-23-18-32(19-24-35)33-20-25-36(26-21-33)50-43-16-8-5-13-38(43)40-28-29-46-47(48(40)50)41-14-6-9-17-45(41)51-46/h1-30H. The van der Waals surface area contributed by atoms with Gasteiger partial charge in [-0.05, 0) is 76.9 Å². The molecule has 0 radical (unpaired) electrons. The van der Waals surface area contributed by atoms with Crippen LogP contribution < -0.4 is 0 Å². The van der Waals surface area contributed by atoms with E-state index in [0.29, 0.717) is 0 Å². The molecule has 3 aromatic heterocycles. The van der Waals surface area contributed by atoms with Crippen molar-refractivity contribution in [2.24, 2.45) is 0 Å². The third-order valence-electron chi connectivity index (χ3n) is 10.5. The van der Waals surface area contributed by atoms with E-state index in [9.17, 15) is 0 Å². The number of hydrogen-bond donors (Lipinski definition) is 0. The molecule has 0 N–H and O–H groups in total. The topological polar surface area (TPSA) is 9.86 Å². The van der Waals surface area contributed by atoms with E-state index in [1.807, 2.05) is 11.3 Å². The Morgan fingerprint density at radius 3 is 1.55 bits per heavy atom. The van der Waals surface area contributed by atoms with Crippen LogP contribution in [0.5, 0.6) is 0 Å². The minimum atomic E-state index is 1.16. The van der Waals surface area contributed by atoms with Gasteiger partial charge in [-0.15, -0.1) is 11.3 Å². The summed E-state index contributed by atoms with van der Waals surface area (Å²) in [6.07, 6.45) is 0. The number of aromatic nitrogens is 2. The monoisotopic (exact) mass is 666 g/mol. The molecule has 0 saturated heterocycles. The molecule has 0 aliphatic heterocycles. The normalized spacial score (nSPS) is 11.9. The summed E-state index contributed by atoms with van der Waals surface area (Å²) < 4.78 is 7.52. The summed E-state index contributed by atoms with van der Waals surface area (Å²) >= 11 is 1.88. The number of thiophene rings is 1. The number of hydrogen-bond acceptors (Lipinski definition) is 1. The lowest BCUT2D eigenvalue weighted by Crippen LogP contribution is -1.95. The van der Waals surface area contributed by atoms with E-state index in [4.69, 9.17) is 0 Å². The first-order valence-electron chi connectivity index (χ1n) is 17.4. The SMILES string of the molecule is c1ccc(-c2ccc3c4ccccc4n(-c4ccc(-c5ccc(-n6c7ccccc7c7ccc8sc9ccccc9c8c76)cc5)cc4)c3c2)cc1. The minimum absolute atomic E-state index is 1.16. The highest BCUT2D eigenvalue weighted by Crippen LogP contribution is 2.43. The van der Waals surface area contributed by atoms with Crippen LogP contribution in [0.1, 0.15) is 0 Å². The van der Waals surface area contributed by atoms with Crippen LogP contribution in [0.3, 0.4) is 0 Å². The quantitative estimate of drug-likeness (QED) is 0.177. The van der Waals surface area contributed by atoms with Gasteiger partial charge in [0.15, 0.2) is 0 Å². The lowest BCUT2D eigenvalue weighted by molar-refractivity contribution is 1.18. The molecule has 0 saturated carbocycles. The van der Waals surface area contributed by atoms with E-state index in [0.717, 1.165) is 5.69 Å². The van der Waals surface area contributed by atoms with Gasteiger partial charge < -0.3 is 9.13 Å². The van der Waals surface area contributed by atoms with Crippen LogP contribution in [-0.4, -0.2) is 9.13 Å².